The highest BCUT2D eigenvalue weighted by Gasteiger charge is 2.21. The van der Waals surface area contributed by atoms with Crippen LogP contribution in [0.1, 0.15) is 20.3 Å². The van der Waals surface area contributed by atoms with Crippen LogP contribution in [-0.2, 0) is 0 Å². The van der Waals surface area contributed by atoms with Gasteiger partial charge >= 0.3 is 0 Å². The summed E-state index contributed by atoms with van der Waals surface area (Å²) in [6, 6.07) is 0. The molecule has 0 fully saturated rings. The molecule has 0 amide bonds. The number of hydrogen-bond donors (Lipinski definition) is 1. The molecule has 2 unspecified atom stereocenters. The fourth-order valence-electron chi connectivity index (χ4n) is 1.07. The summed E-state index contributed by atoms with van der Waals surface area (Å²) in [7, 11) is 0. The van der Waals surface area contributed by atoms with E-state index in [1.165, 1.54) is 6.42 Å². The Morgan fingerprint density at radius 3 is 2.50 bits per heavy atom. The summed E-state index contributed by atoms with van der Waals surface area (Å²) in [4.78, 5) is 0. The van der Waals surface area contributed by atoms with Gasteiger partial charge in [0.2, 0.25) is 0 Å². The molecule has 0 aromatic rings. The van der Waals surface area contributed by atoms with Crippen molar-refractivity contribution in [2.24, 2.45) is 17.6 Å². The van der Waals surface area contributed by atoms with Crippen LogP contribution in [0.2, 0.25) is 0 Å². The third-order valence-corrected chi connectivity index (χ3v) is 2.36. The molecule has 0 radical (unpaired) electrons. The highest BCUT2D eigenvalue weighted by Crippen LogP contribution is 2.33. The van der Waals surface area contributed by atoms with E-state index < -0.39 is 0 Å². The highest BCUT2D eigenvalue weighted by molar-refractivity contribution is 5.26. The zero-order chi connectivity index (χ0) is 7.72. The predicted octanol–water partition coefficient (Wildman–Crippen LogP) is 2.06. The average Bonchev–Trinajstić information content (AvgIpc) is 2.65. The fraction of sp³-hybridized carbons (Fsp3) is 0.556. The van der Waals surface area contributed by atoms with Crippen LogP contribution in [0.4, 0.5) is 0 Å². The van der Waals surface area contributed by atoms with Crippen molar-refractivity contribution in [3.63, 3.8) is 0 Å². The minimum atomic E-state index is 0.439. The maximum atomic E-state index is 5.58. The molecule has 0 bridgehead atoms. The molecule has 56 valence electrons. The Morgan fingerprint density at radius 1 is 1.70 bits per heavy atom. The number of nitrogens with two attached hydrogens (primary N) is 1. The lowest BCUT2D eigenvalue weighted by Gasteiger charge is -2.16. The standard InChI is InChI=1S/C9H15N/c1-6(8(3)10)7(2)9-4-5-9/h4,6-7H,3,5,10H2,1-2H3. The van der Waals surface area contributed by atoms with Crippen LogP contribution in [0.5, 0.6) is 0 Å². The van der Waals surface area contributed by atoms with Crippen LogP contribution in [0.25, 0.3) is 0 Å². The van der Waals surface area contributed by atoms with Crippen molar-refractivity contribution in [2.45, 2.75) is 20.3 Å². The second kappa shape index (κ2) is 2.49. The Kier molecular flexibility index (Phi) is 1.84. The van der Waals surface area contributed by atoms with Gasteiger partial charge in [-0.3, -0.25) is 0 Å². The molecule has 0 heterocycles. The smallest absolute Gasteiger partial charge is 0.00421 e. The first kappa shape index (κ1) is 7.39. The topological polar surface area (TPSA) is 26.0 Å². The van der Waals surface area contributed by atoms with Gasteiger partial charge in [0.1, 0.15) is 0 Å². The molecule has 1 nitrogen and oxygen atoms in total. The van der Waals surface area contributed by atoms with Gasteiger partial charge in [-0.25, -0.2) is 0 Å². The van der Waals surface area contributed by atoms with Crippen molar-refractivity contribution in [3.05, 3.63) is 23.9 Å². The molecule has 1 aliphatic rings. The molecular weight excluding hydrogens is 122 g/mol. The van der Waals surface area contributed by atoms with Gasteiger partial charge in [-0.05, 0) is 12.3 Å². The minimum absolute atomic E-state index is 0.439. The van der Waals surface area contributed by atoms with Crippen molar-refractivity contribution in [3.8, 4) is 0 Å². The zero-order valence-electron chi connectivity index (χ0n) is 6.72. The first-order valence-corrected chi connectivity index (χ1v) is 3.76. The first-order valence-electron chi connectivity index (χ1n) is 3.76. The van der Waals surface area contributed by atoms with Gasteiger partial charge in [-0.2, -0.15) is 0 Å². The summed E-state index contributed by atoms with van der Waals surface area (Å²) in [5.74, 6) is 1.05. The molecule has 2 N–H and O–H groups in total. The lowest BCUT2D eigenvalue weighted by molar-refractivity contribution is 0.510. The van der Waals surface area contributed by atoms with E-state index in [9.17, 15) is 0 Å². The van der Waals surface area contributed by atoms with E-state index in [-0.39, 0.29) is 0 Å². The molecule has 1 heteroatoms. The lowest BCUT2D eigenvalue weighted by atomic mass is 9.91. The van der Waals surface area contributed by atoms with Crippen LogP contribution < -0.4 is 5.73 Å². The van der Waals surface area contributed by atoms with Crippen LogP contribution in [0, 0.1) is 11.8 Å². The van der Waals surface area contributed by atoms with Crippen LogP contribution in [0.3, 0.4) is 0 Å². The second-order valence-electron chi connectivity index (χ2n) is 3.14. The average molecular weight is 137 g/mol. The molecule has 1 aliphatic carbocycles. The Labute approximate surface area is 62.6 Å². The molecule has 0 saturated heterocycles. The summed E-state index contributed by atoms with van der Waals surface area (Å²) in [6.07, 6.45) is 3.45. The highest BCUT2D eigenvalue weighted by atomic mass is 14.6. The molecule has 0 aromatic heterocycles. The van der Waals surface area contributed by atoms with E-state index >= 15 is 0 Å². The van der Waals surface area contributed by atoms with Crippen LogP contribution >= 0.6 is 0 Å². The van der Waals surface area contributed by atoms with Crippen molar-refractivity contribution >= 4 is 0 Å². The maximum Gasteiger partial charge on any atom is 0.00421 e. The van der Waals surface area contributed by atoms with Gasteiger partial charge in [0.25, 0.3) is 0 Å². The van der Waals surface area contributed by atoms with Crippen LogP contribution in [-0.4, -0.2) is 0 Å². The molecule has 1 rings (SSSR count). The Morgan fingerprint density at radius 2 is 2.20 bits per heavy atom. The normalized spacial score (nSPS) is 21.2. The van der Waals surface area contributed by atoms with Crippen molar-refractivity contribution in [1.82, 2.24) is 0 Å². The van der Waals surface area contributed by atoms with Crippen molar-refractivity contribution in [1.29, 1.82) is 0 Å². The number of allylic oxidation sites excluding steroid dienone is 3. The number of hydrogen-bond acceptors (Lipinski definition) is 1. The summed E-state index contributed by atoms with van der Waals surface area (Å²) in [5, 5.41) is 0. The molecule has 0 aromatic carbocycles. The summed E-state index contributed by atoms with van der Waals surface area (Å²) in [5.41, 5.74) is 7.93. The molecular formula is C9H15N. The van der Waals surface area contributed by atoms with Crippen molar-refractivity contribution in [2.75, 3.05) is 0 Å². The van der Waals surface area contributed by atoms with Gasteiger partial charge in [-0.1, -0.05) is 32.1 Å². The van der Waals surface area contributed by atoms with E-state index in [2.05, 4.69) is 26.5 Å². The Bertz CT molecular complexity index is 173. The van der Waals surface area contributed by atoms with Crippen LogP contribution in [0.15, 0.2) is 23.9 Å². The SMILES string of the molecule is C=C(N)C(C)C(C)C1=CC1. The zero-order valence-corrected chi connectivity index (χ0v) is 6.72. The molecule has 2 atom stereocenters. The summed E-state index contributed by atoms with van der Waals surface area (Å²) in [6.45, 7) is 8.08. The van der Waals surface area contributed by atoms with Gasteiger partial charge in [0.05, 0.1) is 0 Å². The maximum absolute atomic E-state index is 5.58. The van der Waals surface area contributed by atoms with Gasteiger partial charge in [0, 0.05) is 11.6 Å². The van der Waals surface area contributed by atoms with E-state index in [0.717, 1.165) is 5.70 Å². The Balaban J connectivity index is 2.46. The van der Waals surface area contributed by atoms with E-state index in [1.54, 1.807) is 5.57 Å². The lowest BCUT2D eigenvalue weighted by Crippen LogP contribution is -2.14. The largest absolute Gasteiger partial charge is 0.402 e. The third-order valence-electron chi connectivity index (χ3n) is 2.36. The van der Waals surface area contributed by atoms with Gasteiger partial charge in [-0.15, -0.1) is 0 Å². The molecule has 0 saturated carbocycles. The summed E-state index contributed by atoms with van der Waals surface area (Å²) < 4.78 is 0. The minimum Gasteiger partial charge on any atom is -0.402 e. The third kappa shape index (κ3) is 1.41. The van der Waals surface area contributed by atoms with E-state index in [0.29, 0.717) is 11.8 Å². The first-order chi connectivity index (χ1) is 4.63. The Hall–Kier alpha value is -0.720. The molecule has 10 heavy (non-hydrogen) atoms. The van der Waals surface area contributed by atoms with E-state index in [4.69, 9.17) is 5.73 Å². The van der Waals surface area contributed by atoms with E-state index in [1.807, 2.05) is 0 Å². The molecule has 0 aliphatic heterocycles. The quantitative estimate of drug-likeness (QED) is 0.592. The second-order valence-corrected chi connectivity index (χ2v) is 3.14. The monoisotopic (exact) mass is 137 g/mol. The van der Waals surface area contributed by atoms with Gasteiger partial charge < -0.3 is 5.73 Å². The summed E-state index contributed by atoms with van der Waals surface area (Å²) >= 11 is 0. The molecule has 0 spiro atoms. The van der Waals surface area contributed by atoms with Crippen molar-refractivity contribution < 1.29 is 0 Å². The van der Waals surface area contributed by atoms with Gasteiger partial charge in [0.15, 0.2) is 0 Å². The predicted molar refractivity (Wildman–Crippen MR) is 44.4 cm³/mol. The number of rotatable bonds is 3. The fourth-order valence-corrected chi connectivity index (χ4v) is 1.07.